The molecule has 1 aromatic heterocycles. The standard InChI is InChI=1S/C15H24N4O2/c1-10(2)18-7-3-4-12(9-18)19-14-8-11(15(20)21)5-6-13(14)16-17-19/h10-12H,3-9H2,1-2H3,(H,20,21)/t11-,12+/m0/s1. The van der Waals surface area contributed by atoms with Crippen molar-refractivity contribution in [2.75, 3.05) is 13.1 Å². The Kier molecular flexibility index (Phi) is 3.97. The van der Waals surface area contributed by atoms with Gasteiger partial charge in [-0.05, 0) is 46.1 Å². The molecule has 0 aromatic carbocycles. The summed E-state index contributed by atoms with van der Waals surface area (Å²) in [5.74, 6) is -0.972. The molecule has 0 bridgehead atoms. The van der Waals surface area contributed by atoms with Gasteiger partial charge in [0.1, 0.15) is 0 Å². The number of aryl methyl sites for hydroxylation is 1. The van der Waals surface area contributed by atoms with Crippen LogP contribution in [0, 0.1) is 5.92 Å². The van der Waals surface area contributed by atoms with E-state index in [2.05, 4.69) is 29.1 Å². The van der Waals surface area contributed by atoms with Gasteiger partial charge in [0, 0.05) is 19.0 Å². The number of hydrogen-bond donors (Lipinski definition) is 1. The predicted octanol–water partition coefficient (Wildman–Crippen LogP) is 1.51. The molecule has 1 aliphatic carbocycles. The van der Waals surface area contributed by atoms with Crippen molar-refractivity contribution in [3.63, 3.8) is 0 Å². The molecule has 0 radical (unpaired) electrons. The minimum atomic E-state index is -0.694. The zero-order chi connectivity index (χ0) is 15.0. The molecule has 0 unspecified atom stereocenters. The van der Waals surface area contributed by atoms with E-state index in [1.54, 1.807) is 0 Å². The Hall–Kier alpha value is -1.43. The Morgan fingerprint density at radius 2 is 2.19 bits per heavy atom. The van der Waals surface area contributed by atoms with E-state index in [1.807, 2.05) is 4.68 Å². The van der Waals surface area contributed by atoms with Gasteiger partial charge in [0.2, 0.25) is 0 Å². The van der Waals surface area contributed by atoms with Crippen LogP contribution in [0.25, 0.3) is 0 Å². The number of carboxylic acids is 1. The summed E-state index contributed by atoms with van der Waals surface area (Å²) in [6.45, 7) is 6.58. The summed E-state index contributed by atoms with van der Waals surface area (Å²) in [6.07, 6.45) is 4.28. The highest BCUT2D eigenvalue weighted by atomic mass is 16.4. The van der Waals surface area contributed by atoms with Crippen LogP contribution in [0.15, 0.2) is 0 Å². The van der Waals surface area contributed by atoms with Gasteiger partial charge >= 0.3 is 5.97 Å². The molecule has 6 nitrogen and oxygen atoms in total. The van der Waals surface area contributed by atoms with E-state index < -0.39 is 5.97 Å². The van der Waals surface area contributed by atoms with Crippen molar-refractivity contribution in [3.8, 4) is 0 Å². The van der Waals surface area contributed by atoms with Crippen molar-refractivity contribution in [2.24, 2.45) is 5.92 Å². The minimum Gasteiger partial charge on any atom is -0.481 e. The molecular formula is C15H24N4O2. The molecule has 2 aliphatic rings. The first-order valence-electron chi connectivity index (χ1n) is 7.96. The van der Waals surface area contributed by atoms with Crippen molar-refractivity contribution < 1.29 is 9.90 Å². The van der Waals surface area contributed by atoms with Gasteiger partial charge in [-0.25, -0.2) is 4.68 Å². The van der Waals surface area contributed by atoms with Crippen LogP contribution in [0.5, 0.6) is 0 Å². The molecule has 1 N–H and O–H groups in total. The largest absolute Gasteiger partial charge is 0.481 e. The maximum absolute atomic E-state index is 11.3. The molecule has 2 heterocycles. The summed E-state index contributed by atoms with van der Waals surface area (Å²) < 4.78 is 2.03. The Balaban J connectivity index is 1.81. The lowest BCUT2D eigenvalue weighted by atomic mass is 9.89. The lowest BCUT2D eigenvalue weighted by Gasteiger charge is -2.36. The summed E-state index contributed by atoms with van der Waals surface area (Å²) >= 11 is 0. The van der Waals surface area contributed by atoms with E-state index in [-0.39, 0.29) is 5.92 Å². The van der Waals surface area contributed by atoms with Gasteiger partial charge < -0.3 is 5.11 Å². The third-order valence-electron chi connectivity index (χ3n) is 4.89. The average molecular weight is 292 g/mol. The van der Waals surface area contributed by atoms with Gasteiger partial charge in [0.05, 0.1) is 23.3 Å². The topological polar surface area (TPSA) is 71.2 Å². The lowest BCUT2D eigenvalue weighted by molar-refractivity contribution is -0.142. The van der Waals surface area contributed by atoms with Crippen molar-refractivity contribution in [1.29, 1.82) is 0 Å². The minimum absolute atomic E-state index is 0.278. The van der Waals surface area contributed by atoms with Gasteiger partial charge in [-0.1, -0.05) is 5.21 Å². The second-order valence-corrected chi connectivity index (χ2v) is 6.59. The summed E-state index contributed by atoms with van der Waals surface area (Å²) in [6, 6.07) is 0.879. The van der Waals surface area contributed by atoms with E-state index in [4.69, 9.17) is 0 Å². The monoisotopic (exact) mass is 292 g/mol. The van der Waals surface area contributed by atoms with Crippen molar-refractivity contribution >= 4 is 5.97 Å². The summed E-state index contributed by atoms with van der Waals surface area (Å²) in [5, 5.41) is 17.9. The second kappa shape index (κ2) is 5.75. The van der Waals surface area contributed by atoms with Crippen LogP contribution in [0.3, 0.4) is 0 Å². The molecule has 0 saturated carbocycles. The van der Waals surface area contributed by atoms with Crippen LogP contribution < -0.4 is 0 Å². The molecule has 1 fully saturated rings. The van der Waals surface area contributed by atoms with Crippen LogP contribution in [0.4, 0.5) is 0 Å². The van der Waals surface area contributed by atoms with Gasteiger partial charge in [0.25, 0.3) is 0 Å². The maximum Gasteiger partial charge on any atom is 0.306 e. The quantitative estimate of drug-likeness (QED) is 0.914. The highest BCUT2D eigenvalue weighted by Crippen LogP contribution is 2.29. The molecule has 1 aromatic rings. The summed E-state index contributed by atoms with van der Waals surface area (Å²) in [5.41, 5.74) is 2.07. The van der Waals surface area contributed by atoms with Crippen LogP contribution in [0.1, 0.15) is 50.5 Å². The number of nitrogens with zero attached hydrogens (tertiary/aromatic N) is 4. The van der Waals surface area contributed by atoms with Crippen molar-refractivity contribution in [1.82, 2.24) is 19.9 Å². The molecule has 3 rings (SSSR count). The van der Waals surface area contributed by atoms with Crippen LogP contribution >= 0.6 is 0 Å². The van der Waals surface area contributed by atoms with E-state index in [1.165, 1.54) is 6.42 Å². The Bertz CT molecular complexity index is 526. The van der Waals surface area contributed by atoms with Crippen LogP contribution in [-0.4, -0.2) is 50.1 Å². The highest BCUT2D eigenvalue weighted by molar-refractivity contribution is 5.70. The number of piperidine rings is 1. The normalized spacial score (nSPS) is 26.8. The smallest absolute Gasteiger partial charge is 0.306 e. The number of likely N-dealkylation sites (tertiary alicyclic amines) is 1. The van der Waals surface area contributed by atoms with E-state index >= 15 is 0 Å². The summed E-state index contributed by atoms with van der Waals surface area (Å²) in [4.78, 5) is 13.7. The molecule has 2 atom stereocenters. The van der Waals surface area contributed by atoms with Crippen molar-refractivity contribution in [2.45, 2.75) is 58.0 Å². The molecule has 116 valence electrons. The van der Waals surface area contributed by atoms with Gasteiger partial charge in [0.15, 0.2) is 0 Å². The second-order valence-electron chi connectivity index (χ2n) is 6.59. The molecule has 1 aliphatic heterocycles. The SMILES string of the molecule is CC(C)N1CCC[C@@H](n2nnc3c2C[C@@H](C(=O)O)CC3)C1. The zero-order valence-corrected chi connectivity index (χ0v) is 12.8. The third-order valence-corrected chi connectivity index (χ3v) is 4.89. The number of aliphatic carboxylic acids is 1. The number of aromatic nitrogens is 3. The van der Waals surface area contributed by atoms with Crippen LogP contribution in [0.2, 0.25) is 0 Å². The Morgan fingerprint density at radius 3 is 2.90 bits per heavy atom. The first kappa shape index (κ1) is 14.5. The number of carbonyl (C=O) groups is 1. The fourth-order valence-electron chi connectivity index (χ4n) is 3.55. The van der Waals surface area contributed by atoms with E-state index in [0.717, 1.165) is 37.3 Å². The van der Waals surface area contributed by atoms with E-state index in [9.17, 15) is 9.90 Å². The Morgan fingerprint density at radius 1 is 1.38 bits per heavy atom. The molecular weight excluding hydrogens is 268 g/mol. The average Bonchev–Trinajstić information content (AvgIpc) is 2.90. The molecule has 21 heavy (non-hydrogen) atoms. The lowest BCUT2D eigenvalue weighted by Crippen LogP contribution is -2.41. The van der Waals surface area contributed by atoms with E-state index in [0.29, 0.717) is 24.9 Å². The highest BCUT2D eigenvalue weighted by Gasteiger charge is 2.32. The van der Waals surface area contributed by atoms with Gasteiger partial charge in [-0.2, -0.15) is 0 Å². The molecule has 0 amide bonds. The number of carboxylic acid groups (broad SMARTS) is 1. The third kappa shape index (κ3) is 2.81. The van der Waals surface area contributed by atoms with Gasteiger partial charge in [-0.3, -0.25) is 9.69 Å². The predicted molar refractivity (Wildman–Crippen MR) is 78.2 cm³/mol. The van der Waals surface area contributed by atoms with Crippen molar-refractivity contribution in [3.05, 3.63) is 11.4 Å². The number of fused-ring (bicyclic) bond motifs is 1. The molecule has 1 saturated heterocycles. The fraction of sp³-hybridized carbons (Fsp3) is 0.800. The molecule has 0 spiro atoms. The first-order chi connectivity index (χ1) is 10.1. The van der Waals surface area contributed by atoms with Gasteiger partial charge in [-0.15, -0.1) is 5.10 Å². The number of hydrogen-bond acceptors (Lipinski definition) is 4. The zero-order valence-electron chi connectivity index (χ0n) is 12.8. The number of rotatable bonds is 3. The maximum atomic E-state index is 11.3. The first-order valence-corrected chi connectivity index (χ1v) is 7.96. The Labute approximate surface area is 125 Å². The van der Waals surface area contributed by atoms with Crippen LogP contribution in [-0.2, 0) is 17.6 Å². The fourth-order valence-corrected chi connectivity index (χ4v) is 3.55. The molecule has 6 heteroatoms. The summed E-state index contributed by atoms with van der Waals surface area (Å²) in [7, 11) is 0.